The molecule has 2 aromatic rings. The molecule has 130 valence electrons. The fraction of sp³-hybridized carbons (Fsp3) is 0.278. The molecular formula is C18H19N3O4. The van der Waals surface area contributed by atoms with Gasteiger partial charge in [0.2, 0.25) is 11.8 Å². The Morgan fingerprint density at radius 2 is 2.00 bits per heavy atom. The summed E-state index contributed by atoms with van der Waals surface area (Å²) in [6.45, 7) is 2.22. The van der Waals surface area contributed by atoms with Crippen LogP contribution in [0.5, 0.6) is 0 Å². The molecule has 25 heavy (non-hydrogen) atoms. The summed E-state index contributed by atoms with van der Waals surface area (Å²) in [6, 6.07) is 9.49. The van der Waals surface area contributed by atoms with Gasteiger partial charge in [-0.2, -0.15) is 0 Å². The lowest BCUT2D eigenvalue weighted by Gasteiger charge is -2.21. The Labute approximate surface area is 145 Å². The lowest BCUT2D eigenvalue weighted by Crippen LogP contribution is -2.41. The number of benzene rings is 1. The molecule has 3 rings (SSSR count). The fourth-order valence-electron chi connectivity index (χ4n) is 2.70. The number of para-hydroxylation sites is 2. The highest BCUT2D eigenvalue weighted by Crippen LogP contribution is 2.29. The molecule has 1 fully saturated rings. The molecule has 1 saturated heterocycles. The molecule has 0 bridgehead atoms. The number of rotatable bonds is 5. The molecule has 7 nitrogen and oxygen atoms in total. The van der Waals surface area contributed by atoms with Crippen molar-refractivity contribution in [2.45, 2.75) is 25.8 Å². The molecule has 1 aromatic carbocycles. The van der Waals surface area contributed by atoms with Crippen LogP contribution in [0.2, 0.25) is 0 Å². The normalized spacial score (nSPS) is 15.1. The van der Waals surface area contributed by atoms with E-state index in [0.29, 0.717) is 24.3 Å². The first kappa shape index (κ1) is 16.8. The van der Waals surface area contributed by atoms with Gasteiger partial charge in [0.05, 0.1) is 17.6 Å². The predicted molar refractivity (Wildman–Crippen MR) is 92.3 cm³/mol. The van der Waals surface area contributed by atoms with E-state index in [-0.39, 0.29) is 17.6 Å². The maximum Gasteiger partial charge on any atom is 0.287 e. The first-order valence-corrected chi connectivity index (χ1v) is 8.11. The van der Waals surface area contributed by atoms with E-state index in [4.69, 9.17) is 4.42 Å². The summed E-state index contributed by atoms with van der Waals surface area (Å²) in [5.41, 5.74) is 1.21. The van der Waals surface area contributed by atoms with Gasteiger partial charge in [0.1, 0.15) is 6.04 Å². The van der Waals surface area contributed by atoms with E-state index in [1.807, 2.05) is 6.07 Å². The van der Waals surface area contributed by atoms with Crippen molar-refractivity contribution in [3.63, 3.8) is 0 Å². The van der Waals surface area contributed by atoms with E-state index in [1.54, 1.807) is 36.1 Å². The number of hydrogen-bond donors (Lipinski definition) is 2. The Bertz CT molecular complexity index is 785. The Morgan fingerprint density at radius 3 is 2.68 bits per heavy atom. The zero-order chi connectivity index (χ0) is 17.8. The van der Waals surface area contributed by atoms with Crippen molar-refractivity contribution in [2.24, 2.45) is 0 Å². The minimum atomic E-state index is -0.764. The molecule has 2 heterocycles. The van der Waals surface area contributed by atoms with E-state index >= 15 is 0 Å². The molecule has 1 atom stereocenters. The number of furan rings is 1. The Kier molecular flexibility index (Phi) is 4.83. The number of amides is 3. The summed E-state index contributed by atoms with van der Waals surface area (Å²) in [5.74, 6) is -0.654. The van der Waals surface area contributed by atoms with Crippen molar-refractivity contribution in [1.82, 2.24) is 5.32 Å². The number of carbonyl (C=O) groups is 3. The highest BCUT2D eigenvalue weighted by Gasteiger charge is 2.25. The van der Waals surface area contributed by atoms with E-state index < -0.39 is 11.9 Å². The Hall–Kier alpha value is -3.09. The van der Waals surface area contributed by atoms with Crippen molar-refractivity contribution in [2.75, 3.05) is 16.8 Å². The van der Waals surface area contributed by atoms with Crippen LogP contribution in [-0.4, -0.2) is 30.3 Å². The van der Waals surface area contributed by atoms with Crippen LogP contribution in [0.3, 0.4) is 0 Å². The molecule has 3 amide bonds. The third-order valence-corrected chi connectivity index (χ3v) is 4.01. The Balaban J connectivity index is 1.68. The van der Waals surface area contributed by atoms with E-state index in [1.165, 1.54) is 12.3 Å². The summed E-state index contributed by atoms with van der Waals surface area (Å²) < 4.78 is 5.00. The molecule has 0 aliphatic carbocycles. The smallest absolute Gasteiger partial charge is 0.287 e. The van der Waals surface area contributed by atoms with Crippen LogP contribution >= 0.6 is 0 Å². The minimum Gasteiger partial charge on any atom is -0.459 e. The molecular weight excluding hydrogens is 322 g/mol. The summed E-state index contributed by atoms with van der Waals surface area (Å²) in [6.07, 6.45) is 2.71. The maximum atomic E-state index is 12.4. The van der Waals surface area contributed by atoms with Crippen molar-refractivity contribution < 1.29 is 18.8 Å². The van der Waals surface area contributed by atoms with Crippen LogP contribution in [-0.2, 0) is 9.59 Å². The third kappa shape index (κ3) is 3.71. The van der Waals surface area contributed by atoms with Crippen LogP contribution in [0, 0.1) is 0 Å². The second-order valence-electron chi connectivity index (χ2n) is 5.83. The summed E-state index contributed by atoms with van der Waals surface area (Å²) in [4.78, 5) is 38.0. The van der Waals surface area contributed by atoms with Gasteiger partial charge >= 0.3 is 0 Å². The summed E-state index contributed by atoms with van der Waals surface area (Å²) in [7, 11) is 0. The van der Waals surface area contributed by atoms with Gasteiger partial charge in [0, 0.05) is 13.0 Å². The standard InChI is InChI=1S/C18H19N3O4/c1-12(19-18(24)15-8-5-11-25-15)17(23)20-13-6-2-3-7-14(13)21-10-4-9-16(21)22/h2-3,5-8,11-12H,4,9-10H2,1H3,(H,19,24)(H,20,23)/t12-/m1/s1. The highest BCUT2D eigenvalue weighted by molar-refractivity contribution is 6.04. The second-order valence-corrected chi connectivity index (χ2v) is 5.83. The monoisotopic (exact) mass is 341 g/mol. The van der Waals surface area contributed by atoms with E-state index in [2.05, 4.69) is 10.6 Å². The molecule has 1 aliphatic rings. The summed E-state index contributed by atoms with van der Waals surface area (Å²) in [5, 5.41) is 5.36. The quantitative estimate of drug-likeness (QED) is 0.872. The van der Waals surface area contributed by atoms with Crippen molar-refractivity contribution in [3.05, 3.63) is 48.4 Å². The van der Waals surface area contributed by atoms with Crippen LogP contribution < -0.4 is 15.5 Å². The van der Waals surface area contributed by atoms with Gasteiger partial charge in [-0.1, -0.05) is 12.1 Å². The molecule has 2 N–H and O–H groups in total. The third-order valence-electron chi connectivity index (χ3n) is 4.01. The fourth-order valence-corrected chi connectivity index (χ4v) is 2.70. The number of nitrogens with zero attached hydrogens (tertiary/aromatic N) is 1. The van der Waals surface area contributed by atoms with Gasteiger partial charge in [-0.25, -0.2) is 0 Å². The van der Waals surface area contributed by atoms with E-state index in [0.717, 1.165) is 6.42 Å². The Morgan fingerprint density at radius 1 is 1.20 bits per heavy atom. The largest absolute Gasteiger partial charge is 0.459 e. The number of anilines is 2. The van der Waals surface area contributed by atoms with Crippen LogP contribution in [0.4, 0.5) is 11.4 Å². The lowest BCUT2D eigenvalue weighted by atomic mass is 10.2. The number of hydrogen-bond acceptors (Lipinski definition) is 4. The first-order chi connectivity index (χ1) is 12.1. The van der Waals surface area contributed by atoms with Gasteiger partial charge in [0.15, 0.2) is 5.76 Å². The highest BCUT2D eigenvalue weighted by atomic mass is 16.3. The van der Waals surface area contributed by atoms with Crippen LogP contribution in [0.15, 0.2) is 47.1 Å². The van der Waals surface area contributed by atoms with Gasteiger partial charge < -0.3 is 20.0 Å². The molecule has 0 radical (unpaired) electrons. The first-order valence-electron chi connectivity index (χ1n) is 8.11. The van der Waals surface area contributed by atoms with Gasteiger partial charge in [-0.15, -0.1) is 0 Å². The zero-order valence-electron chi connectivity index (χ0n) is 13.8. The minimum absolute atomic E-state index is 0.0425. The molecule has 0 spiro atoms. The zero-order valence-corrected chi connectivity index (χ0v) is 13.8. The van der Waals surface area contributed by atoms with Gasteiger partial charge in [-0.05, 0) is 37.6 Å². The van der Waals surface area contributed by atoms with Crippen LogP contribution in [0.1, 0.15) is 30.3 Å². The molecule has 1 aromatic heterocycles. The predicted octanol–water partition coefficient (Wildman–Crippen LogP) is 2.16. The lowest BCUT2D eigenvalue weighted by molar-refractivity contribution is -0.118. The van der Waals surface area contributed by atoms with Crippen molar-refractivity contribution in [1.29, 1.82) is 0 Å². The molecule has 7 heteroatoms. The SMILES string of the molecule is C[C@@H](NC(=O)c1ccco1)C(=O)Nc1ccccc1N1CCCC1=O. The number of carbonyl (C=O) groups excluding carboxylic acids is 3. The average molecular weight is 341 g/mol. The topological polar surface area (TPSA) is 91.7 Å². The number of nitrogens with one attached hydrogen (secondary N) is 2. The average Bonchev–Trinajstić information content (AvgIpc) is 3.27. The summed E-state index contributed by atoms with van der Waals surface area (Å²) >= 11 is 0. The van der Waals surface area contributed by atoms with Gasteiger partial charge in [-0.3, -0.25) is 14.4 Å². The molecule has 0 unspecified atom stereocenters. The molecule has 1 aliphatic heterocycles. The van der Waals surface area contributed by atoms with Crippen molar-refractivity contribution >= 4 is 29.1 Å². The second kappa shape index (κ2) is 7.21. The van der Waals surface area contributed by atoms with Gasteiger partial charge in [0.25, 0.3) is 5.91 Å². The van der Waals surface area contributed by atoms with E-state index in [9.17, 15) is 14.4 Å². The van der Waals surface area contributed by atoms with Crippen molar-refractivity contribution in [3.8, 4) is 0 Å². The maximum absolute atomic E-state index is 12.4. The van der Waals surface area contributed by atoms with Crippen LogP contribution in [0.25, 0.3) is 0 Å². The molecule has 0 saturated carbocycles.